The summed E-state index contributed by atoms with van der Waals surface area (Å²) in [6, 6.07) is 3.90. The van der Waals surface area contributed by atoms with Crippen LogP contribution in [0.4, 0.5) is 16.3 Å². The topological polar surface area (TPSA) is 57.3 Å². The number of aromatic nitrogens is 1. The average molecular weight is 274 g/mol. The first-order valence-electron chi connectivity index (χ1n) is 7.51. The van der Waals surface area contributed by atoms with Crippen LogP contribution < -0.4 is 15.5 Å². The van der Waals surface area contributed by atoms with Crippen molar-refractivity contribution in [2.24, 2.45) is 5.92 Å². The second-order valence-electron chi connectivity index (χ2n) is 5.79. The minimum absolute atomic E-state index is 0.127. The lowest BCUT2D eigenvalue weighted by molar-refractivity contribution is 0.248. The van der Waals surface area contributed by atoms with Crippen LogP contribution in [-0.4, -0.2) is 30.1 Å². The molecular weight excluding hydrogens is 252 g/mol. The Balaban J connectivity index is 1.65. The van der Waals surface area contributed by atoms with Crippen LogP contribution in [-0.2, 0) is 0 Å². The van der Waals surface area contributed by atoms with Gasteiger partial charge in [-0.15, -0.1) is 0 Å². The molecule has 2 amide bonds. The molecule has 0 radical (unpaired) electrons. The number of anilines is 2. The summed E-state index contributed by atoms with van der Waals surface area (Å²) in [5.41, 5.74) is 0.801. The Morgan fingerprint density at radius 2 is 2.15 bits per heavy atom. The Bertz CT molecular complexity index is 481. The van der Waals surface area contributed by atoms with Gasteiger partial charge in [0.1, 0.15) is 0 Å². The summed E-state index contributed by atoms with van der Waals surface area (Å²) in [7, 11) is 0. The molecule has 1 aromatic heterocycles. The van der Waals surface area contributed by atoms with Crippen molar-refractivity contribution in [2.75, 3.05) is 23.3 Å². The standard InChI is InChI=1S/C15H22N4O/c1-11(12-6-7-12)17-15(20)18-13-5-4-8-16-14(13)19-9-2-3-10-19/h4-5,8,11-12H,2-3,6-7,9-10H2,1H3,(H2,17,18,20). The van der Waals surface area contributed by atoms with Crippen LogP contribution in [0.5, 0.6) is 0 Å². The molecule has 5 nitrogen and oxygen atoms in total. The highest BCUT2D eigenvalue weighted by molar-refractivity contribution is 5.92. The van der Waals surface area contributed by atoms with Gasteiger partial charge in [0, 0.05) is 25.3 Å². The fraction of sp³-hybridized carbons (Fsp3) is 0.600. The van der Waals surface area contributed by atoms with Crippen LogP contribution in [0.25, 0.3) is 0 Å². The predicted octanol–water partition coefficient (Wildman–Crippen LogP) is 2.60. The summed E-state index contributed by atoms with van der Waals surface area (Å²) >= 11 is 0. The fourth-order valence-corrected chi connectivity index (χ4v) is 2.75. The number of amides is 2. The molecule has 1 aromatic rings. The van der Waals surface area contributed by atoms with Gasteiger partial charge in [0.15, 0.2) is 5.82 Å². The highest BCUT2D eigenvalue weighted by Crippen LogP contribution is 2.32. The van der Waals surface area contributed by atoms with E-state index in [4.69, 9.17) is 0 Å². The van der Waals surface area contributed by atoms with Gasteiger partial charge < -0.3 is 15.5 Å². The van der Waals surface area contributed by atoms with Crippen molar-refractivity contribution in [3.8, 4) is 0 Å². The summed E-state index contributed by atoms with van der Waals surface area (Å²) in [6.07, 6.45) is 6.63. The third kappa shape index (κ3) is 3.03. The van der Waals surface area contributed by atoms with E-state index in [1.165, 1.54) is 25.7 Å². The molecule has 2 N–H and O–H groups in total. The number of urea groups is 1. The first kappa shape index (κ1) is 13.2. The molecule has 1 unspecified atom stereocenters. The van der Waals surface area contributed by atoms with Crippen LogP contribution in [0.1, 0.15) is 32.6 Å². The Labute approximate surface area is 119 Å². The van der Waals surface area contributed by atoms with Gasteiger partial charge in [-0.2, -0.15) is 0 Å². The number of hydrogen-bond acceptors (Lipinski definition) is 3. The van der Waals surface area contributed by atoms with E-state index in [1.807, 2.05) is 12.1 Å². The van der Waals surface area contributed by atoms with Gasteiger partial charge in [-0.3, -0.25) is 0 Å². The van der Waals surface area contributed by atoms with Crippen molar-refractivity contribution < 1.29 is 4.79 Å². The zero-order chi connectivity index (χ0) is 13.9. The van der Waals surface area contributed by atoms with Gasteiger partial charge in [-0.25, -0.2) is 9.78 Å². The van der Waals surface area contributed by atoms with Crippen molar-refractivity contribution in [2.45, 2.75) is 38.6 Å². The number of nitrogens with one attached hydrogen (secondary N) is 2. The van der Waals surface area contributed by atoms with Crippen LogP contribution in [0.3, 0.4) is 0 Å². The molecular formula is C15H22N4O. The maximum Gasteiger partial charge on any atom is 0.319 e. The Morgan fingerprint density at radius 1 is 1.40 bits per heavy atom. The molecule has 0 aromatic carbocycles. The zero-order valence-corrected chi connectivity index (χ0v) is 11.9. The van der Waals surface area contributed by atoms with Crippen LogP contribution in [0.2, 0.25) is 0 Å². The maximum atomic E-state index is 12.1. The van der Waals surface area contributed by atoms with Crippen molar-refractivity contribution in [1.82, 2.24) is 10.3 Å². The van der Waals surface area contributed by atoms with Crippen LogP contribution in [0, 0.1) is 5.92 Å². The minimum Gasteiger partial charge on any atom is -0.355 e. The van der Waals surface area contributed by atoms with Gasteiger partial charge in [0.05, 0.1) is 5.69 Å². The molecule has 2 fully saturated rings. The SMILES string of the molecule is CC(NC(=O)Nc1cccnc1N1CCCC1)C1CC1. The van der Waals surface area contributed by atoms with E-state index in [0.717, 1.165) is 24.6 Å². The second kappa shape index (κ2) is 5.69. The molecule has 108 valence electrons. The van der Waals surface area contributed by atoms with Crippen molar-refractivity contribution in [3.63, 3.8) is 0 Å². The van der Waals surface area contributed by atoms with Gasteiger partial charge in [-0.05, 0) is 50.7 Å². The van der Waals surface area contributed by atoms with Gasteiger partial charge >= 0.3 is 6.03 Å². The summed E-state index contributed by atoms with van der Waals surface area (Å²) < 4.78 is 0. The van der Waals surface area contributed by atoms with E-state index in [-0.39, 0.29) is 12.1 Å². The number of nitrogens with zero attached hydrogens (tertiary/aromatic N) is 2. The second-order valence-corrected chi connectivity index (χ2v) is 5.79. The van der Waals surface area contributed by atoms with E-state index in [2.05, 4.69) is 27.4 Å². The summed E-state index contributed by atoms with van der Waals surface area (Å²) in [6.45, 7) is 4.11. The normalized spacial score (nSPS) is 19.8. The molecule has 2 heterocycles. The average Bonchev–Trinajstić information content (AvgIpc) is 3.15. The molecule has 5 heteroatoms. The number of hydrogen-bond donors (Lipinski definition) is 2. The molecule has 1 aliphatic carbocycles. The van der Waals surface area contributed by atoms with E-state index in [0.29, 0.717) is 5.92 Å². The molecule has 0 spiro atoms. The fourth-order valence-electron chi connectivity index (χ4n) is 2.75. The number of rotatable bonds is 4. The maximum absolute atomic E-state index is 12.1. The molecule has 3 rings (SSSR count). The van der Waals surface area contributed by atoms with Crippen molar-refractivity contribution in [1.29, 1.82) is 0 Å². The smallest absolute Gasteiger partial charge is 0.319 e. The van der Waals surface area contributed by atoms with Gasteiger partial charge in [0.25, 0.3) is 0 Å². The third-order valence-electron chi connectivity index (χ3n) is 4.13. The number of carbonyl (C=O) groups excluding carboxylic acids is 1. The monoisotopic (exact) mass is 274 g/mol. The lowest BCUT2D eigenvalue weighted by Gasteiger charge is -2.21. The van der Waals surface area contributed by atoms with E-state index in [1.54, 1.807) is 6.20 Å². The van der Waals surface area contributed by atoms with Crippen LogP contribution in [0.15, 0.2) is 18.3 Å². The molecule has 1 saturated heterocycles. The first-order chi connectivity index (χ1) is 9.74. The Kier molecular flexibility index (Phi) is 3.76. The molecule has 20 heavy (non-hydrogen) atoms. The highest BCUT2D eigenvalue weighted by Gasteiger charge is 2.29. The largest absolute Gasteiger partial charge is 0.355 e. The quantitative estimate of drug-likeness (QED) is 0.887. The molecule has 1 aliphatic heterocycles. The lowest BCUT2D eigenvalue weighted by Crippen LogP contribution is -2.37. The number of pyridine rings is 1. The first-order valence-corrected chi connectivity index (χ1v) is 7.51. The Morgan fingerprint density at radius 3 is 2.85 bits per heavy atom. The van der Waals surface area contributed by atoms with Gasteiger partial charge in [-0.1, -0.05) is 0 Å². The molecule has 1 atom stereocenters. The highest BCUT2D eigenvalue weighted by atomic mass is 16.2. The summed E-state index contributed by atoms with van der Waals surface area (Å²) in [4.78, 5) is 18.7. The van der Waals surface area contributed by atoms with E-state index < -0.39 is 0 Å². The zero-order valence-electron chi connectivity index (χ0n) is 11.9. The predicted molar refractivity (Wildman–Crippen MR) is 80.0 cm³/mol. The summed E-state index contributed by atoms with van der Waals surface area (Å²) in [5, 5.41) is 5.96. The molecule has 1 saturated carbocycles. The van der Waals surface area contributed by atoms with Crippen molar-refractivity contribution >= 4 is 17.5 Å². The van der Waals surface area contributed by atoms with Crippen molar-refractivity contribution in [3.05, 3.63) is 18.3 Å². The van der Waals surface area contributed by atoms with E-state index in [9.17, 15) is 4.79 Å². The lowest BCUT2D eigenvalue weighted by atomic mass is 10.2. The molecule has 2 aliphatic rings. The third-order valence-corrected chi connectivity index (χ3v) is 4.13. The molecule has 0 bridgehead atoms. The van der Waals surface area contributed by atoms with E-state index >= 15 is 0 Å². The number of carbonyl (C=O) groups is 1. The minimum atomic E-state index is -0.127. The summed E-state index contributed by atoms with van der Waals surface area (Å²) in [5.74, 6) is 1.55. The Hall–Kier alpha value is -1.78. The van der Waals surface area contributed by atoms with Gasteiger partial charge in [0.2, 0.25) is 0 Å². The van der Waals surface area contributed by atoms with Crippen LogP contribution >= 0.6 is 0 Å².